The Bertz CT molecular complexity index is 2420. The van der Waals surface area contributed by atoms with Crippen molar-refractivity contribution >= 4 is 99.4 Å². The molecule has 4 heterocycles. The lowest BCUT2D eigenvalue weighted by atomic mass is 10.2. The number of hydrogen-bond donors (Lipinski definition) is 2. The monoisotopic (exact) mass is 800 g/mol. The number of aliphatic carboxylic acids is 1. The van der Waals surface area contributed by atoms with Gasteiger partial charge < -0.3 is 19.7 Å². The van der Waals surface area contributed by atoms with Crippen molar-refractivity contribution < 1.29 is 34.1 Å². The van der Waals surface area contributed by atoms with Gasteiger partial charge in [0.25, 0.3) is 0 Å². The lowest BCUT2D eigenvalue weighted by molar-refractivity contribution is -0.138. The van der Waals surface area contributed by atoms with Gasteiger partial charge in [0.05, 0.1) is 30.6 Å². The van der Waals surface area contributed by atoms with Gasteiger partial charge in [-0.3, -0.25) is 14.6 Å². The van der Waals surface area contributed by atoms with Crippen molar-refractivity contribution in [3.63, 3.8) is 0 Å². The number of nitriles is 2. The van der Waals surface area contributed by atoms with Crippen molar-refractivity contribution in [2.24, 2.45) is 4.99 Å². The molecule has 1 aliphatic rings. The van der Waals surface area contributed by atoms with Crippen LogP contribution in [0, 0.1) is 22.7 Å². The number of unbranched alkanes of at least 4 members (excludes halogenated alkanes) is 2. The number of rotatable bonds is 10. The first-order valence-electron chi connectivity index (χ1n) is 16.6. The van der Waals surface area contributed by atoms with Crippen LogP contribution in [0.5, 0.6) is 17.2 Å². The lowest BCUT2D eigenvalue weighted by Gasteiger charge is -2.03. The highest BCUT2D eigenvalue weighted by atomic mass is 32.2. The minimum absolute atomic E-state index is 0.204. The topological polar surface area (TPSA) is 209 Å². The number of fused-ring (bicyclic) bond motifs is 3. The predicted molar refractivity (Wildman–Crippen MR) is 211 cm³/mol. The van der Waals surface area contributed by atoms with Crippen molar-refractivity contribution in [3.8, 4) is 29.4 Å². The summed E-state index contributed by atoms with van der Waals surface area (Å²) >= 11 is 5.40. The molecule has 0 aliphatic carbocycles. The first-order chi connectivity index (χ1) is 26.1. The summed E-state index contributed by atoms with van der Waals surface area (Å²) in [6.07, 6.45) is 4.40. The number of phenols is 1. The smallest absolute Gasteiger partial charge is 0.329 e. The average molecular weight is 801 g/mol. The van der Waals surface area contributed by atoms with Crippen LogP contribution >= 0.6 is 45.8 Å². The maximum absolute atomic E-state index is 11.7. The standard InChI is InChI=1S/C16H16N2O4S2.C13H12N2O2S.C8H4N2OS/c1-2-3-4-13(19)22-9-5-6-10-12(7-9)24-15(17-10)14-18-11(8-23-14)16(20)21;1-2-3-4-13(16)17-9-5-6-10-11(7-9)18-12(8-14)15-10;9-4-8-10-6-2-1-5(11)3-7(6)12-8/h5-7,11H,2-4,8H2,1H3,(H,20,21);5-7H,2-4H2,1H3;1-3,11H/t11-;;/m1../s1. The van der Waals surface area contributed by atoms with E-state index in [1.807, 2.05) is 26.0 Å². The van der Waals surface area contributed by atoms with E-state index in [0.29, 0.717) is 50.2 Å². The van der Waals surface area contributed by atoms with Gasteiger partial charge in [-0.25, -0.2) is 19.7 Å². The molecular formula is C37H32N6O7S4. The highest BCUT2D eigenvalue weighted by Crippen LogP contribution is 2.32. The van der Waals surface area contributed by atoms with Crippen molar-refractivity contribution in [1.82, 2.24) is 15.0 Å². The molecule has 3 aromatic heterocycles. The molecule has 0 fully saturated rings. The Morgan fingerprint density at radius 1 is 0.759 bits per heavy atom. The number of esters is 2. The highest BCUT2D eigenvalue weighted by Gasteiger charge is 2.27. The minimum Gasteiger partial charge on any atom is -0.508 e. The molecule has 0 radical (unpaired) electrons. The zero-order valence-corrected chi connectivity index (χ0v) is 32.2. The Labute approximate surface area is 325 Å². The van der Waals surface area contributed by atoms with Crippen molar-refractivity contribution in [2.45, 2.75) is 58.4 Å². The second kappa shape index (κ2) is 19.0. The number of aromatic hydroxyl groups is 1. The van der Waals surface area contributed by atoms with Gasteiger partial charge in [0.15, 0.2) is 16.1 Å². The van der Waals surface area contributed by atoms with Crippen molar-refractivity contribution in [2.75, 3.05) is 5.75 Å². The molecule has 276 valence electrons. The van der Waals surface area contributed by atoms with Crippen LogP contribution in [0.25, 0.3) is 30.6 Å². The molecule has 0 saturated heterocycles. The molecule has 1 aliphatic heterocycles. The summed E-state index contributed by atoms with van der Waals surface area (Å²) in [7, 11) is 0. The van der Waals surface area contributed by atoms with Gasteiger partial charge in [-0.15, -0.1) is 45.8 Å². The van der Waals surface area contributed by atoms with E-state index in [-0.39, 0.29) is 17.7 Å². The van der Waals surface area contributed by atoms with Crippen LogP contribution in [0.4, 0.5) is 0 Å². The molecule has 0 spiro atoms. The number of ether oxygens (including phenoxy) is 2. The fourth-order valence-corrected chi connectivity index (χ4v) is 8.34. The molecule has 6 aromatic rings. The normalized spacial score (nSPS) is 13.2. The summed E-state index contributed by atoms with van der Waals surface area (Å²) in [6, 6.07) is 18.6. The summed E-state index contributed by atoms with van der Waals surface area (Å²) in [6.45, 7) is 4.05. The van der Waals surface area contributed by atoms with Crippen LogP contribution in [0.15, 0.2) is 59.6 Å². The number of benzene rings is 3. The molecule has 0 bridgehead atoms. The summed E-state index contributed by atoms with van der Waals surface area (Å²) in [5, 5.41) is 37.6. The predicted octanol–water partition coefficient (Wildman–Crippen LogP) is 8.48. The largest absolute Gasteiger partial charge is 0.508 e. The van der Waals surface area contributed by atoms with E-state index >= 15 is 0 Å². The number of thioether (sulfide) groups is 1. The third-order valence-corrected chi connectivity index (χ3v) is 11.4. The second-order valence-corrected chi connectivity index (χ2v) is 15.5. The molecule has 1 atom stereocenters. The quantitative estimate of drug-likeness (QED) is 0.0985. The maximum Gasteiger partial charge on any atom is 0.329 e. The molecule has 0 unspecified atom stereocenters. The minimum atomic E-state index is -0.917. The second-order valence-electron chi connectivity index (χ2n) is 11.4. The van der Waals surface area contributed by atoms with E-state index in [1.54, 1.807) is 54.6 Å². The zero-order chi connectivity index (χ0) is 38.6. The molecule has 54 heavy (non-hydrogen) atoms. The van der Waals surface area contributed by atoms with Gasteiger partial charge >= 0.3 is 17.9 Å². The zero-order valence-electron chi connectivity index (χ0n) is 29.0. The number of carbonyl (C=O) groups excluding carboxylic acids is 2. The fraction of sp³-hybridized carbons (Fsp3) is 0.270. The molecular weight excluding hydrogens is 769 g/mol. The van der Waals surface area contributed by atoms with Gasteiger partial charge in [-0.2, -0.15) is 10.5 Å². The van der Waals surface area contributed by atoms with Gasteiger partial charge in [0.1, 0.15) is 39.4 Å². The van der Waals surface area contributed by atoms with Crippen molar-refractivity contribution in [3.05, 3.63) is 69.6 Å². The Kier molecular flexibility index (Phi) is 14.0. The lowest BCUT2D eigenvalue weighted by Crippen LogP contribution is -2.17. The van der Waals surface area contributed by atoms with E-state index in [0.717, 1.165) is 56.3 Å². The Morgan fingerprint density at radius 2 is 1.26 bits per heavy atom. The summed E-state index contributed by atoms with van der Waals surface area (Å²) in [4.78, 5) is 51.0. The number of hydrogen-bond acceptors (Lipinski definition) is 16. The molecule has 17 heteroatoms. The maximum atomic E-state index is 11.7. The van der Waals surface area contributed by atoms with Crippen LogP contribution in [0.2, 0.25) is 0 Å². The summed E-state index contributed by atoms with van der Waals surface area (Å²) < 4.78 is 13.1. The average Bonchev–Trinajstić information content (AvgIpc) is 3.98. The number of nitrogens with zero attached hydrogens (tertiary/aromatic N) is 6. The summed E-state index contributed by atoms with van der Waals surface area (Å²) in [5.41, 5.74) is 2.30. The first kappa shape index (κ1) is 39.7. The number of aromatic nitrogens is 3. The molecule has 13 nitrogen and oxygen atoms in total. The number of carbonyl (C=O) groups is 3. The first-order valence-corrected chi connectivity index (χ1v) is 20.1. The van der Waals surface area contributed by atoms with Crippen LogP contribution in [0.3, 0.4) is 0 Å². The van der Waals surface area contributed by atoms with Crippen molar-refractivity contribution in [1.29, 1.82) is 10.5 Å². The molecule has 3 aromatic carbocycles. The van der Waals surface area contributed by atoms with Gasteiger partial charge in [-0.05, 0) is 55.3 Å². The van der Waals surface area contributed by atoms with Crippen LogP contribution in [0.1, 0.15) is 67.4 Å². The van der Waals surface area contributed by atoms with E-state index in [2.05, 4.69) is 19.9 Å². The third kappa shape index (κ3) is 10.8. The van der Waals surface area contributed by atoms with Crippen LogP contribution in [-0.2, 0) is 14.4 Å². The molecule has 2 N–H and O–H groups in total. The molecule has 0 amide bonds. The molecule has 7 rings (SSSR count). The van der Waals surface area contributed by atoms with E-state index in [1.165, 1.54) is 45.8 Å². The van der Waals surface area contributed by atoms with E-state index in [9.17, 15) is 14.4 Å². The highest BCUT2D eigenvalue weighted by molar-refractivity contribution is 8.15. The number of phenolic OH excluding ortho intramolecular Hbond substituents is 1. The Hall–Kier alpha value is -5.46. The SMILES string of the molecule is CCCCC(=O)Oc1ccc2nc(C#N)sc2c1.CCCCC(=O)Oc1ccc2nc(C3=N[C@@H](C(=O)O)CS3)sc2c1.N#Cc1nc2ccc(O)cc2s1. The van der Waals surface area contributed by atoms with Gasteiger partial charge in [0, 0.05) is 30.7 Å². The number of thiazole rings is 3. The van der Waals surface area contributed by atoms with E-state index in [4.69, 9.17) is 30.2 Å². The fourth-order valence-electron chi connectivity index (χ4n) is 4.66. The van der Waals surface area contributed by atoms with Gasteiger partial charge in [-0.1, -0.05) is 26.7 Å². The van der Waals surface area contributed by atoms with Crippen LogP contribution < -0.4 is 9.47 Å². The Morgan fingerprint density at radius 3 is 1.76 bits per heavy atom. The van der Waals surface area contributed by atoms with E-state index < -0.39 is 12.0 Å². The Balaban J connectivity index is 0.000000165. The molecule has 0 saturated carbocycles. The number of carboxylic acid groups (broad SMARTS) is 1. The number of carboxylic acids is 1. The number of aliphatic imine (C=N–C) groups is 1. The van der Waals surface area contributed by atoms with Gasteiger partial charge in [0.2, 0.25) is 0 Å². The summed E-state index contributed by atoms with van der Waals surface area (Å²) in [5.74, 6) is 0.277. The van der Waals surface area contributed by atoms with Crippen LogP contribution in [-0.4, -0.2) is 59.9 Å². The third-order valence-electron chi connectivity index (χ3n) is 7.33.